The molecule has 0 saturated heterocycles. The molecule has 68 valence electrons. The van der Waals surface area contributed by atoms with Gasteiger partial charge in [-0.05, 0) is 34.2 Å². The van der Waals surface area contributed by atoms with Crippen molar-refractivity contribution >= 4 is 0 Å². The quantitative estimate of drug-likeness (QED) is 0.660. The maximum atomic E-state index is 5.68. The third kappa shape index (κ3) is 6.32. The fourth-order valence-corrected chi connectivity index (χ4v) is 1.11. The number of hydrogen-bond donors (Lipinski definition) is 1. The zero-order valence-corrected chi connectivity index (χ0v) is 8.40. The summed E-state index contributed by atoms with van der Waals surface area (Å²) in [4.78, 5) is 0. The fraction of sp³-hybridized carbons (Fsp3) is 1.00. The molecular weight excluding hydrogens is 138 g/mol. The van der Waals surface area contributed by atoms with Gasteiger partial charge in [0.1, 0.15) is 0 Å². The number of likely N-dealkylation sites (N-methyl/N-ethyl adjacent to an activating group) is 1. The number of nitrogens with one attached hydrogen (secondary N) is 1. The molecule has 0 saturated carbocycles. The highest BCUT2D eigenvalue weighted by Crippen LogP contribution is 2.10. The molecule has 1 N–H and O–H groups in total. The topological polar surface area (TPSA) is 21.3 Å². The Morgan fingerprint density at radius 2 is 1.91 bits per heavy atom. The lowest BCUT2D eigenvalue weighted by Gasteiger charge is -2.27. The Hall–Kier alpha value is -0.0800. The van der Waals surface area contributed by atoms with Gasteiger partial charge >= 0.3 is 0 Å². The van der Waals surface area contributed by atoms with Crippen LogP contribution < -0.4 is 5.32 Å². The minimum atomic E-state index is -0.0375. The van der Waals surface area contributed by atoms with Crippen LogP contribution in [0, 0.1) is 0 Å². The van der Waals surface area contributed by atoms with Crippen molar-refractivity contribution in [2.75, 3.05) is 13.1 Å². The van der Waals surface area contributed by atoms with Crippen molar-refractivity contribution in [1.29, 1.82) is 0 Å². The molecule has 0 atom stereocenters. The molecule has 0 aliphatic rings. The van der Waals surface area contributed by atoms with E-state index in [4.69, 9.17) is 4.74 Å². The Kier molecular flexibility index (Phi) is 4.69. The van der Waals surface area contributed by atoms with Crippen molar-refractivity contribution in [3.63, 3.8) is 0 Å². The zero-order valence-electron chi connectivity index (χ0n) is 8.40. The molecule has 2 heteroatoms. The second-order valence-electron chi connectivity index (χ2n) is 3.71. The first-order valence-electron chi connectivity index (χ1n) is 4.36. The normalized spacial score (nSPS) is 12.5. The predicted molar refractivity (Wildman–Crippen MR) is 48.8 cm³/mol. The Morgan fingerprint density at radius 1 is 1.36 bits per heavy atom. The molecule has 0 fully saturated rings. The van der Waals surface area contributed by atoms with Crippen LogP contribution >= 0.6 is 0 Å². The Bertz CT molecular complexity index is 99.7. The van der Waals surface area contributed by atoms with Crippen LogP contribution in [-0.4, -0.2) is 24.8 Å². The summed E-state index contributed by atoms with van der Waals surface area (Å²) in [6.45, 7) is 12.4. The first kappa shape index (κ1) is 10.9. The number of rotatable bonds is 5. The Morgan fingerprint density at radius 3 is 2.27 bits per heavy atom. The molecule has 0 amide bonds. The van der Waals surface area contributed by atoms with E-state index in [2.05, 4.69) is 39.9 Å². The van der Waals surface area contributed by atoms with Gasteiger partial charge in [0.25, 0.3) is 0 Å². The van der Waals surface area contributed by atoms with Crippen LogP contribution in [0.25, 0.3) is 0 Å². The fourth-order valence-electron chi connectivity index (χ4n) is 1.11. The summed E-state index contributed by atoms with van der Waals surface area (Å²) in [7, 11) is 0. The zero-order chi connectivity index (χ0) is 8.91. The molecule has 0 unspecified atom stereocenters. The second kappa shape index (κ2) is 4.73. The monoisotopic (exact) mass is 159 g/mol. The largest absolute Gasteiger partial charge is 0.372 e. The summed E-state index contributed by atoms with van der Waals surface area (Å²) in [5.41, 5.74) is -0.0375. The summed E-state index contributed by atoms with van der Waals surface area (Å²) in [6.07, 6.45) is 0.309. The summed E-state index contributed by atoms with van der Waals surface area (Å²) >= 11 is 0. The van der Waals surface area contributed by atoms with Crippen LogP contribution in [0.2, 0.25) is 0 Å². The highest BCUT2D eigenvalue weighted by Gasteiger charge is 2.18. The van der Waals surface area contributed by atoms with Gasteiger partial charge in [-0.15, -0.1) is 0 Å². The molecule has 0 aliphatic heterocycles. The highest BCUT2D eigenvalue weighted by molar-refractivity contribution is 4.72. The number of hydrogen-bond acceptors (Lipinski definition) is 2. The van der Waals surface area contributed by atoms with Crippen molar-refractivity contribution in [1.82, 2.24) is 5.32 Å². The molecule has 0 aromatic rings. The van der Waals surface area contributed by atoms with Crippen LogP contribution in [-0.2, 0) is 4.74 Å². The summed E-state index contributed by atoms with van der Waals surface area (Å²) in [5, 5.41) is 3.27. The lowest BCUT2D eigenvalue weighted by atomic mass is 10.1. The third-order valence-electron chi connectivity index (χ3n) is 1.36. The van der Waals surface area contributed by atoms with E-state index in [1.807, 2.05) is 0 Å². The van der Waals surface area contributed by atoms with Crippen molar-refractivity contribution in [2.45, 2.75) is 46.3 Å². The van der Waals surface area contributed by atoms with Gasteiger partial charge in [-0.25, -0.2) is 0 Å². The van der Waals surface area contributed by atoms with Crippen molar-refractivity contribution in [3.8, 4) is 0 Å². The van der Waals surface area contributed by atoms with E-state index in [-0.39, 0.29) is 5.60 Å². The van der Waals surface area contributed by atoms with Gasteiger partial charge in [0.05, 0.1) is 11.7 Å². The van der Waals surface area contributed by atoms with E-state index in [1.165, 1.54) is 0 Å². The van der Waals surface area contributed by atoms with E-state index < -0.39 is 0 Å². The molecule has 0 aromatic heterocycles. The van der Waals surface area contributed by atoms with Gasteiger partial charge in [0.2, 0.25) is 0 Å². The lowest BCUT2D eigenvalue weighted by molar-refractivity contribution is -0.0534. The van der Waals surface area contributed by atoms with Gasteiger partial charge in [0, 0.05) is 6.54 Å². The van der Waals surface area contributed by atoms with E-state index in [9.17, 15) is 0 Å². The maximum absolute atomic E-state index is 5.68. The summed E-state index contributed by atoms with van der Waals surface area (Å²) in [5.74, 6) is 0. The minimum Gasteiger partial charge on any atom is -0.372 e. The average molecular weight is 159 g/mol. The molecule has 0 heterocycles. The second-order valence-corrected chi connectivity index (χ2v) is 3.71. The molecule has 0 radical (unpaired) electrons. The molecule has 0 bridgehead atoms. The molecule has 0 spiro atoms. The molecule has 0 aromatic carbocycles. The van der Waals surface area contributed by atoms with Crippen molar-refractivity contribution < 1.29 is 4.74 Å². The molecule has 11 heavy (non-hydrogen) atoms. The number of ether oxygens (including phenoxy) is 1. The maximum Gasteiger partial charge on any atom is 0.0753 e. The molecule has 0 rings (SSSR count). The van der Waals surface area contributed by atoms with Gasteiger partial charge in [-0.1, -0.05) is 6.92 Å². The summed E-state index contributed by atoms with van der Waals surface area (Å²) < 4.78 is 5.68. The van der Waals surface area contributed by atoms with E-state index in [0.29, 0.717) is 6.10 Å². The highest BCUT2D eigenvalue weighted by atomic mass is 16.5. The molecule has 2 nitrogen and oxygen atoms in total. The SMILES string of the molecule is CCNCC(C)(C)OC(C)C. The van der Waals surface area contributed by atoms with E-state index >= 15 is 0 Å². The van der Waals surface area contributed by atoms with Gasteiger partial charge in [-0.3, -0.25) is 0 Å². The molecule has 0 aliphatic carbocycles. The van der Waals surface area contributed by atoms with Crippen LogP contribution in [0.3, 0.4) is 0 Å². The minimum absolute atomic E-state index is 0.0375. The van der Waals surface area contributed by atoms with Crippen molar-refractivity contribution in [3.05, 3.63) is 0 Å². The van der Waals surface area contributed by atoms with Crippen molar-refractivity contribution in [2.24, 2.45) is 0 Å². The average Bonchev–Trinajstić information content (AvgIpc) is 1.81. The smallest absolute Gasteiger partial charge is 0.0753 e. The van der Waals surface area contributed by atoms with Crippen LogP contribution in [0.4, 0.5) is 0 Å². The summed E-state index contributed by atoms with van der Waals surface area (Å²) in [6, 6.07) is 0. The van der Waals surface area contributed by atoms with E-state index in [1.54, 1.807) is 0 Å². The first-order valence-corrected chi connectivity index (χ1v) is 4.36. The third-order valence-corrected chi connectivity index (χ3v) is 1.36. The van der Waals surface area contributed by atoms with Gasteiger partial charge < -0.3 is 10.1 Å². The van der Waals surface area contributed by atoms with Crippen LogP contribution in [0.15, 0.2) is 0 Å². The standard InChI is InChI=1S/C9H21NO/c1-6-10-7-9(4,5)11-8(2)3/h8,10H,6-7H2,1-5H3. The molecular formula is C9H21NO. The van der Waals surface area contributed by atoms with Gasteiger partial charge in [0.15, 0.2) is 0 Å². The van der Waals surface area contributed by atoms with Crippen LogP contribution in [0.5, 0.6) is 0 Å². The van der Waals surface area contributed by atoms with Crippen LogP contribution in [0.1, 0.15) is 34.6 Å². The van der Waals surface area contributed by atoms with E-state index in [0.717, 1.165) is 13.1 Å². The van der Waals surface area contributed by atoms with Gasteiger partial charge in [-0.2, -0.15) is 0 Å². The first-order chi connectivity index (χ1) is 4.98. The lowest BCUT2D eigenvalue weighted by Crippen LogP contribution is -2.39. The Labute approximate surface area is 70.3 Å². The Balaban J connectivity index is 3.61. The predicted octanol–water partition coefficient (Wildman–Crippen LogP) is 1.80.